The van der Waals surface area contributed by atoms with Crippen LogP contribution in [0.25, 0.3) is 21.7 Å². The van der Waals surface area contributed by atoms with Crippen molar-refractivity contribution in [3.05, 3.63) is 118 Å². The van der Waals surface area contributed by atoms with Gasteiger partial charge >= 0.3 is 5.97 Å². The monoisotopic (exact) mass is 512 g/mol. The van der Waals surface area contributed by atoms with E-state index in [-0.39, 0.29) is 28.1 Å². The van der Waals surface area contributed by atoms with Crippen LogP contribution in [0.1, 0.15) is 63.4 Å². The Bertz CT molecular complexity index is 1940. The van der Waals surface area contributed by atoms with Gasteiger partial charge in [0.2, 0.25) is 0 Å². The van der Waals surface area contributed by atoms with Crippen LogP contribution in [-0.4, -0.2) is 39.4 Å². The van der Waals surface area contributed by atoms with Gasteiger partial charge in [-0.05, 0) is 53.2 Å². The van der Waals surface area contributed by atoms with E-state index in [9.17, 15) is 29.1 Å². The molecule has 0 fully saturated rings. The van der Waals surface area contributed by atoms with Crippen molar-refractivity contribution in [1.29, 1.82) is 0 Å². The second-order valence-corrected chi connectivity index (χ2v) is 9.50. The van der Waals surface area contributed by atoms with Crippen molar-refractivity contribution in [3.63, 3.8) is 0 Å². The Morgan fingerprint density at radius 1 is 0.692 bits per heavy atom. The molecule has 8 nitrogen and oxygen atoms in total. The van der Waals surface area contributed by atoms with Gasteiger partial charge < -0.3 is 5.11 Å². The molecule has 0 radical (unpaired) electrons. The number of Topliss-reactive ketones (excluding diaryl/α,β-unsaturated/α-hetero) is 2. The lowest BCUT2D eigenvalue weighted by Crippen LogP contribution is -2.30. The van der Waals surface area contributed by atoms with Gasteiger partial charge in [-0.15, -0.1) is 0 Å². The number of nitrogens with zero attached hydrogens (tertiary/aromatic N) is 2. The van der Waals surface area contributed by atoms with E-state index in [2.05, 4.69) is 4.98 Å². The molecule has 0 atom stereocenters. The number of carboxylic acid groups (broad SMARTS) is 1. The van der Waals surface area contributed by atoms with Gasteiger partial charge in [0.1, 0.15) is 5.92 Å². The summed E-state index contributed by atoms with van der Waals surface area (Å²) in [6.45, 7) is 0. The Morgan fingerprint density at radius 3 is 1.97 bits per heavy atom. The van der Waals surface area contributed by atoms with Crippen molar-refractivity contribution in [2.45, 2.75) is 5.92 Å². The molecule has 1 N–H and O–H groups in total. The van der Waals surface area contributed by atoms with Crippen molar-refractivity contribution in [3.8, 4) is 0 Å². The number of amides is 2. The fraction of sp³-hybridized carbons (Fsp3) is 0.0323. The molecule has 0 spiro atoms. The Balaban J connectivity index is 1.39. The van der Waals surface area contributed by atoms with Crippen LogP contribution in [0, 0.1) is 0 Å². The zero-order chi connectivity index (χ0) is 27.0. The molecule has 2 amide bonds. The average Bonchev–Trinajstić information content (AvgIpc) is 3.34. The van der Waals surface area contributed by atoms with Crippen molar-refractivity contribution in [2.24, 2.45) is 0 Å². The van der Waals surface area contributed by atoms with Gasteiger partial charge in [0.05, 0.1) is 33.6 Å². The number of aromatic nitrogens is 1. The third kappa shape index (κ3) is 3.18. The van der Waals surface area contributed by atoms with Crippen LogP contribution in [0.15, 0.2) is 84.9 Å². The van der Waals surface area contributed by atoms with Crippen molar-refractivity contribution < 1.29 is 29.1 Å². The highest BCUT2D eigenvalue weighted by molar-refractivity contribution is 6.36. The van der Waals surface area contributed by atoms with Crippen molar-refractivity contribution in [1.82, 2.24) is 4.98 Å². The fourth-order valence-electron chi connectivity index (χ4n) is 5.45. The predicted octanol–water partition coefficient (Wildman–Crippen LogP) is 5.05. The Kier molecular flexibility index (Phi) is 4.65. The standard InChI is InChI=1S/C31H16N2O6/c34-27-20-11-15-5-1-2-6-16(15)12-21(20)28(35)26(27)24-14-25(19-7-3-4-8-23(19)32-24)33-29(36)18-10-9-17(31(38)39)13-22(18)30(33)37/h1-14,26H,(H,38,39). The van der Waals surface area contributed by atoms with Gasteiger partial charge in [-0.1, -0.05) is 42.5 Å². The zero-order valence-corrected chi connectivity index (χ0v) is 20.0. The van der Waals surface area contributed by atoms with Crippen LogP contribution in [-0.2, 0) is 0 Å². The molecule has 39 heavy (non-hydrogen) atoms. The Labute approximate surface area is 220 Å². The number of anilines is 1. The number of hydrogen-bond acceptors (Lipinski definition) is 6. The maximum absolute atomic E-state index is 13.6. The quantitative estimate of drug-likeness (QED) is 0.265. The first-order valence-electron chi connectivity index (χ1n) is 12.1. The Hall–Kier alpha value is -5.50. The van der Waals surface area contributed by atoms with E-state index in [4.69, 9.17) is 0 Å². The summed E-state index contributed by atoms with van der Waals surface area (Å²) in [5.41, 5.74) is 1.22. The number of carbonyl (C=O) groups is 5. The summed E-state index contributed by atoms with van der Waals surface area (Å²) >= 11 is 0. The summed E-state index contributed by atoms with van der Waals surface area (Å²) in [4.78, 5) is 71.0. The summed E-state index contributed by atoms with van der Waals surface area (Å²) in [7, 11) is 0. The normalized spacial score (nSPS) is 14.9. The summed E-state index contributed by atoms with van der Waals surface area (Å²) in [6, 6.07) is 22.9. The van der Waals surface area contributed by atoms with Crippen LogP contribution < -0.4 is 4.90 Å². The maximum atomic E-state index is 13.6. The number of para-hydroxylation sites is 1. The van der Waals surface area contributed by atoms with E-state index in [1.54, 1.807) is 36.4 Å². The fourth-order valence-corrected chi connectivity index (χ4v) is 5.45. The highest BCUT2D eigenvalue weighted by atomic mass is 16.4. The smallest absolute Gasteiger partial charge is 0.335 e. The van der Waals surface area contributed by atoms with E-state index >= 15 is 0 Å². The highest BCUT2D eigenvalue weighted by Gasteiger charge is 2.43. The number of pyridine rings is 1. The highest BCUT2D eigenvalue weighted by Crippen LogP contribution is 2.40. The lowest BCUT2D eigenvalue weighted by Gasteiger charge is -2.19. The van der Waals surface area contributed by atoms with Gasteiger partial charge in [0.15, 0.2) is 11.6 Å². The molecular formula is C31H16N2O6. The van der Waals surface area contributed by atoms with E-state index in [0.29, 0.717) is 22.0 Å². The lowest BCUT2D eigenvalue weighted by molar-refractivity contribution is 0.0695. The molecule has 0 saturated heterocycles. The largest absolute Gasteiger partial charge is 0.478 e. The van der Waals surface area contributed by atoms with E-state index < -0.39 is 35.3 Å². The van der Waals surface area contributed by atoms with Crippen LogP contribution in [0.4, 0.5) is 5.69 Å². The minimum atomic E-state index is -1.23. The molecule has 1 aromatic heterocycles. The van der Waals surface area contributed by atoms with E-state index in [1.165, 1.54) is 24.3 Å². The van der Waals surface area contributed by atoms with Crippen LogP contribution in [0.3, 0.4) is 0 Å². The number of benzene rings is 4. The van der Waals surface area contributed by atoms with Gasteiger partial charge in [-0.2, -0.15) is 0 Å². The SMILES string of the molecule is O=C(O)c1ccc2c(c1)C(=O)N(c1cc(C3C(=O)c4cc5ccccc5cc4C3=O)nc3ccccc13)C2=O. The number of carboxylic acids is 1. The molecule has 2 heterocycles. The number of ketones is 2. The van der Waals surface area contributed by atoms with Crippen molar-refractivity contribution >= 4 is 56.7 Å². The second kappa shape index (κ2) is 8.00. The molecule has 186 valence electrons. The van der Waals surface area contributed by atoms with Crippen LogP contribution in [0.5, 0.6) is 0 Å². The summed E-state index contributed by atoms with van der Waals surface area (Å²) < 4.78 is 0. The molecule has 0 unspecified atom stereocenters. The number of rotatable bonds is 3. The molecule has 4 aromatic carbocycles. The second-order valence-electron chi connectivity index (χ2n) is 9.50. The first-order valence-corrected chi connectivity index (χ1v) is 12.1. The third-order valence-corrected chi connectivity index (χ3v) is 7.33. The van der Waals surface area contributed by atoms with Gasteiger partial charge in [0, 0.05) is 16.5 Å². The molecule has 1 aliphatic heterocycles. The number of aromatic carboxylic acids is 1. The molecule has 8 heteroatoms. The van der Waals surface area contributed by atoms with Crippen molar-refractivity contribution in [2.75, 3.05) is 4.90 Å². The maximum Gasteiger partial charge on any atom is 0.335 e. The van der Waals surface area contributed by atoms with E-state index in [1.807, 2.05) is 24.3 Å². The minimum absolute atomic E-state index is 0.0329. The number of carbonyl (C=O) groups excluding carboxylic acids is 4. The predicted molar refractivity (Wildman–Crippen MR) is 142 cm³/mol. The average molecular weight is 512 g/mol. The number of imide groups is 1. The summed E-state index contributed by atoms with van der Waals surface area (Å²) in [6.07, 6.45) is 0. The topological polar surface area (TPSA) is 122 Å². The molecular weight excluding hydrogens is 496 g/mol. The summed E-state index contributed by atoms with van der Waals surface area (Å²) in [5.74, 6) is -4.58. The zero-order valence-electron chi connectivity index (χ0n) is 20.0. The minimum Gasteiger partial charge on any atom is -0.478 e. The Morgan fingerprint density at radius 2 is 1.31 bits per heavy atom. The number of fused-ring (bicyclic) bond motifs is 4. The molecule has 7 rings (SSSR count). The third-order valence-electron chi connectivity index (χ3n) is 7.33. The number of hydrogen-bond donors (Lipinski definition) is 1. The molecule has 1 aliphatic carbocycles. The van der Waals surface area contributed by atoms with E-state index in [0.717, 1.165) is 15.7 Å². The molecule has 0 bridgehead atoms. The van der Waals surface area contributed by atoms with Crippen LogP contribution >= 0.6 is 0 Å². The first kappa shape index (κ1) is 22.7. The summed E-state index contributed by atoms with van der Waals surface area (Å²) in [5, 5.41) is 11.5. The van der Waals surface area contributed by atoms with Crippen LogP contribution in [0.2, 0.25) is 0 Å². The molecule has 5 aromatic rings. The molecule has 2 aliphatic rings. The van der Waals surface area contributed by atoms with Gasteiger partial charge in [-0.3, -0.25) is 24.2 Å². The van der Waals surface area contributed by atoms with Gasteiger partial charge in [0.25, 0.3) is 11.8 Å². The molecule has 0 saturated carbocycles. The van der Waals surface area contributed by atoms with Gasteiger partial charge in [-0.25, -0.2) is 9.69 Å². The lowest BCUT2D eigenvalue weighted by atomic mass is 9.97. The first-order chi connectivity index (χ1) is 18.8.